The highest BCUT2D eigenvalue weighted by Crippen LogP contribution is 2.23. The Hall–Kier alpha value is -2.10. The van der Waals surface area contributed by atoms with Crippen molar-refractivity contribution >= 4 is 22.4 Å². The predicted octanol–water partition coefficient (Wildman–Crippen LogP) is 2.22. The van der Waals surface area contributed by atoms with Gasteiger partial charge in [0, 0.05) is 5.56 Å². The van der Waals surface area contributed by atoms with E-state index >= 15 is 0 Å². The third-order valence-corrected chi connectivity index (χ3v) is 3.66. The smallest absolute Gasteiger partial charge is 0.261 e. The predicted molar refractivity (Wildman–Crippen MR) is 78.9 cm³/mol. The van der Waals surface area contributed by atoms with Crippen molar-refractivity contribution in [3.63, 3.8) is 0 Å². The van der Waals surface area contributed by atoms with Gasteiger partial charge in [-0.15, -0.1) is 0 Å². The van der Waals surface area contributed by atoms with Crippen LogP contribution in [-0.4, -0.2) is 17.4 Å². The molecule has 0 aliphatic rings. The Bertz CT molecular complexity index is 704. The second kappa shape index (κ2) is 5.90. The molecular weight excluding hydrogens is 274 g/mol. The van der Waals surface area contributed by atoms with Gasteiger partial charge in [-0.25, -0.2) is 4.98 Å². The van der Waals surface area contributed by atoms with Crippen molar-refractivity contribution in [3.8, 4) is 11.8 Å². The van der Waals surface area contributed by atoms with E-state index in [1.807, 2.05) is 13.8 Å². The first-order valence-corrected chi connectivity index (χ1v) is 6.87. The molecule has 0 saturated carbocycles. The van der Waals surface area contributed by atoms with Crippen molar-refractivity contribution in [1.29, 1.82) is 0 Å². The maximum Gasteiger partial charge on any atom is 0.261 e. The molecule has 0 fully saturated rings. The van der Waals surface area contributed by atoms with Crippen LogP contribution >= 0.6 is 11.3 Å². The Morgan fingerprint density at radius 3 is 2.80 bits per heavy atom. The highest BCUT2D eigenvalue weighted by Gasteiger charge is 2.19. The van der Waals surface area contributed by atoms with Gasteiger partial charge < -0.3 is 10.2 Å². The van der Waals surface area contributed by atoms with Crippen molar-refractivity contribution in [2.45, 2.75) is 20.8 Å². The van der Waals surface area contributed by atoms with E-state index in [2.05, 4.69) is 22.1 Å². The molecule has 0 spiro atoms. The molecule has 2 aromatic rings. The van der Waals surface area contributed by atoms with Crippen LogP contribution in [-0.2, 0) is 0 Å². The summed E-state index contributed by atoms with van der Waals surface area (Å²) < 4.78 is 5.45. The summed E-state index contributed by atoms with van der Waals surface area (Å²) in [5.74, 6) is 6.76. The average Bonchev–Trinajstić information content (AvgIpc) is 2.93. The lowest BCUT2D eigenvalue weighted by Gasteiger charge is -2.01. The number of hydrogen-bond donors (Lipinski definition) is 2. The van der Waals surface area contributed by atoms with Crippen molar-refractivity contribution < 1.29 is 9.21 Å². The molecule has 0 saturated heterocycles. The highest BCUT2D eigenvalue weighted by atomic mass is 32.1. The number of rotatable bonds is 2. The van der Waals surface area contributed by atoms with Crippen LogP contribution in [0.1, 0.15) is 32.3 Å². The SMILES string of the molecule is Cc1oc(C)c(C(=O)Nc2ncc(C#CCN)s2)c1C. The van der Waals surface area contributed by atoms with Gasteiger partial charge in [0.05, 0.1) is 23.2 Å². The number of hydrogen-bond acceptors (Lipinski definition) is 5. The molecular formula is C14H15N3O2S. The van der Waals surface area contributed by atoms with E-state index in [-0.39, 0.29) is 5.91 Å². The summed E-state index contributed by atoms with van der Waals surface area (Å²) in [6.07, 6.45) is 1.61. The number of furan rings is 1. The lowest BCUT2D eigenvalue weighted by atomic mass is 10.1. The van der Waals surface area contributed by atoms with E-state index in [0.29, 0.717) is 23.0 Å². The Labute approximate surface area is 121 Å². The number of anilines is 1. The second-order valence-corrected chi connectivity index (χ2v) is 5.23. The number of nitrogens with two attached hydrogens (primary N) is 1. The van der Waals surface area contributed by atoms with E-state index in [0.717, 1.165) is 16.2 Å². The number of aromatic nitrogens is 1. The average molecular weight is 289 g/mol. The molecule has 0 bridgehead atoms. The van der Waals surface area contributed by atoms with Crippen molar-refractivity contribution in [1.82, 2.24) is 4.98 Å². The molecule has 2 aromatic heterocycles. The highest BCUT2D eigenvalue weighted by molar-refractivity contribution is 7.16. The largest absolute Gasteiger partial charge is 0.466 e. The van der Waals surface area contributed by atoms with E-state index < -0.39 is 0 Å². The fourth-order valence-electron chi connectivity index (χ4n) is 1.81. The number of carbonyl (C=O) groups excluding carboxylic acids is 1. The molecule has 3 N–H and O–H groups in total. The Morgan fingerprint density at radius 2 is 2.20 bits per heavy atom. The number of nitrogens with one attached hydrogen (secondary N) is 1. The first kappa shape index (κ1) is 14.3. The minimum atomic E-state index is -0.218. The van der Waals surface area contributed by atoms with Crippen LogP contribution < -0.4 is 11.1 Å². The van der Waals surface area contributed by atoms with Crippen molar-refractivity contribution in [2.24, 2.45) is 5.73 Å². The summed E-state index contributed by atoms with van der Waals surface area (Å²) >= 11 is 1.31. The lowest BCUT2D eigenvalue weighted by molar-refractivity contribution is 0.102. The quantitative estimate of drug-likeness (QED) is 0.831. The molecule has 1 amide bonds. The second-order valence-electron chi connectivity index (χ2n) is 4.20. The molecule has 2 heterocycles. The van der Waals surface area contributed by atoms with Gasteiger partial charge in [0.25, 0.3) is 5.91 Å². The van der Waals surface area contributed by atoms with Gasteiger partial charge in [0.15, 0.2) is 5.13 Å². The van der Waals surface area contributed by atoms with Gasteiger partial charge >= 0.3 is 0 Å². The molecule has 0 radical (unpaired) electrons. The third-order valence-electron chi connectivity index (χ3n) is 2.83. The van der Waals surface area contributed by atoms with Crippen LogP contribution in [0.15, 0.2) is 10.6 Å². The summed E-state index contributed by atoms with van der Waals surface area (Å²) in [6.45, 7) is 5.77. The van der Waals surface area contributed by atoms with Gasteiger partial charge in [-0.1, -0.05) is 23.2 Å². The van der Waals surface area contributed by atoms with Crippen LogP contribution in [0.3, 0.4) is 0 Å². The molecule has 2 rings (SSSR count). The standard InChI is InChI=1S/C14H15N3O2S/c1-8-9(2)19-10(3)12(8)13(18)17-14-16-7-11(20-14)5-4-6-15/h7H,6,15H2,1-3H3,(H,16,17,18). The number of nitrogens with zero attached hydrogens (tertiary/aromatic N) is 1. The fourth-order valence-corrected chi connectivity index (χ4v) is 2.50. The van der Waals surface area contributed by atoms with Crippen LogP contribution in [0.2, 0.25) is 0 Å². The van der Waals surface area contributed by atoms with Crippen LogP contribution in [0.25, 0.3) is 0 Å². The zero-order chi connectivity index (χ0) is 14.7. The van der Waals surface area contributed by atoms with Crippen LogP contribution in [0.5, 0.6) is 0 Å². The summed E-state index contributed by atoms with van der Waals surface area (Å²) in [6, 6.07) is 0. The first-order chi connectivity index (χ1) is 9.52. The van der Waals surface area contributed by atoms with Gasteiger partial charge in [-0.05, 0) is 20.8 Å². The monoisotopic (exact) mass is 289 g/mol. The molecule has 0 aliphatic carbocycles. The van der Waals surface area contributed by atoms with Gasteiger partial charge in [0.1, 0.15) is 11.5 Å². The molecule has 0 unspecified atom stereocenters. The third kappa shape index (κ3) is 2.90. The van der Waals surface area contributed by atoms with Crippen molar-refractivity contribution in [2.75, 3.05) is 11.9 Å². The van der Waals surface area contributed by atoms with E-state index in [1.54, 1.807) is 13.1 Å². The van der Waals surface area contributed by atoms with Crippen molar-refractivity contribution in [3.05, 3.63) is 33.7 Å². The Kier molecular flexibility index (Phi) is 4.23. The number of thiazole rings is 1. The van der Waals surface area contributed by atoms with E-state index in [9.17, 15) is 4.79 Å². The number of aryl methyl sites for hydroxylation is 2. The normalized spacial score (nSPS) is 10.0. The Balaban J connectivity index is 2.17. The molecule has 20 heavy (non-hydrogen) atoms. The summed E-state index contributed by atoms with van der Waals surface area (Å²) in [5, 5.41) is 3.27. The minimum Gasteiger partial charge on any atom is -0.466 e. The molecule has 6 heteroatoms. The maximum absolute atomic E-state index is 12.2. The van der Waals surface area contributed by atoms with Crippen LogP contribution in [0, 0.1) is 32.6 Å². The summed E-state index contributed by atoms with van der Waals surface area (Å²) in [5.41, 5.74) is 6.72. The first-order valence-electron chi connectivity index (χ1n) is 6.05. The van der Waals surface area contributed by atoms with Gasteiger partial charge in [-0.2, -0.15) is 0 Å². The topological polar surface area (TPSA) is 81.2 Å². The zero-order valence-electron chi connectivity index (χ0n) is 11.5. The maximum atomic E-state index is 12.2. The summed E-state index contributed by atoms with van der Waals surface area (Å²) in [4.78, 5) is 17.1. The Morgan fingerprint density at radius 1 is 1.45 bits per heavy atom. The molecule has 5 nitrogen and oxygen atoms in total. The molecule has 0 aliphatic heterocycles. The molecule has 0 atom stereocenters. The van der Waals surface area contributed by atoms with Crippen LogP contribution in [0.4, 0.5) is 5.13 Å². The fraction of sp³-hybridized carbons (Fsp3) is 0.286. The minimum absolute atomic E-state index is 0.218. The lowest BCUT2D eigenvalue weighted by Crippen LogP contribution is -2.13. The van der Waals surface area contributed by atoms with E-state index in [4.69, 9.17) is 10.2 Å². The van der Waals surface area contributed by atoms with Gasteiger partial charge in [-0.3, -0.25) is 10.1 Å². The summed E-state index contributed by atoms with van der Waals surface area (Å²) in [7, 11) is 0. The molecule has 104 valence electrons. The van der Waals surface area contributed by atoms with Gasteiger partial charge in [0.2, 0.25) is 0 Å². The number of carbonyl (C=O) groups is 1. The van der Waals surface area contributed by atoms with E-state index in [1.165, 1.54) is 11.3 Å². The molecule has 0 aromatic carbocycles. The number of amides is 1. The zero-order valence-corrected chi connectivity index (χ0v) is 12.4.